The van der Waals surface area contributed by atoms with Gasteiger partial charge in [0.2, 0.25) is 0 Å². The van der Waals surface area contributed by atoms with Gasteiger partial charge in [-0.1, -0.05) is 30.3 Å². The molecule has 0 unspecified atom stereocenters. The highest BCUT2D eigenvalue weighted by Crippen LogP contribution is 2.54. The van der Waals surface area contributed by atoms with E-state index in [0.29, 0.717) is 23.1 Å². The molecular weight excluding hydrogens is 292 g/mol. The Morgan fingerprint density at radius 3 is 2.61 bits per heavy atom. The molecule has 114 valence electrons. The molecule has 1 aliphatic rings. The van der Waals surface area contributed by atoms with Gasteiger partial charge < -0.3 is 4.98 Å². The summed E-state index contributed by atoms with van der Waals surface area (Å²) in [5.74, 6) is 0.885. The predicted octanol–water partition coefficient (Wildman–Crippen LogP) is 1.79. The zero-order valence-corrected chi connectivity index (χ0v) is 12.2. The summed E-state index contributed by atoms with van der Waals surface area (Å²) in [7, 11) is 0. The molecule has 1 aromatic carbocycles. The first kappa shape index (κ1) is 13.6. The van der Waals surface area contributed by atoms with Crippen LogP contribution in [0.2, 0.25) is 0 Å². The molecule has 0 bridgehead atoms. The summed E-state index contributed by atoms with van der Waals surface area (Å²) in [4.78, 5) is 27.7. The van der Waals surface area contributed by atoms with Crippen LogP contribution in [0.3, 0.4) is 0 Å². The van der Waals surface area contributed by atoms with Crippen molar-refractivity contribution in [1.82, 2.24) is 20.2 Å². The van der Waals surface area contributed by atoms with Gasteiger partial charge in [0.15, 0.2) is 0 Å². The Balaban J connectivity index is 1.65. The molecule has 0 spiro atoms. The highest BCUT2D eigenvalue weighted by Gasteiger charge is 2.39. The standard InChI is InChI=1S/C17H14N4O2/c22-16-14(9-18-17(23)20-16)15-6-11(8-19-21-15)13-7-12(13)10-4-2-1-3-5-10/h1-6,8-9,12-13H,7H2,(H2,18,20,22,23)/t12-,13-/m1/s1. The average molecular weight is 306 g/mol. The lowest BCUT2D eigenvalue weighted by Gasteiger charge is -2.03. The summed E-state index contributed by atoms with van der Waals surface area (Å²) >= 11 is 0. The Labute approximate surface area is 131 Å². The summed E-state index contributed by atoms with van der Waals surface area (Å²) < 4.78 is 0. The molecule has 2 heterocycles. The van der Waals surface area contributed by atoms with Gasteiger partial charge in [-0.3, -0.25) is 9.78 Å². The molecular formula is C17H14N4O2. The molecule has 0 aliphatic heterocycles. The highest BCUT2D eigenvalue weighted by atomic mass is 16.2. The second-order valence-corrected chi connectivity index (χ2v) is 5.72. The third-order valence-electron chi connectivity index (χ3n) is 4.22. The minimum absolute atomic E-state index is 0.316. The number of aromatic amines is 2. The van der Waals surface area contributed by atoms with E-state index >= 15 is 0 Å². The fourth-order valence-electron chi connectivity index (χ4n) is 2.95. The van der Waals surface area contributed by atoms with Crippen LogP contribution in [0, 0.1) is 0 Å². The molecule has 4 rings (SSSR count). The van der Waals surface area contributed by atoms with Gasteiger partial charge >= 0.3 is 5.69 Å². The zero-order valence-electron chi connectivity index (χ0n) is 12.2. The van der Waals surface area contributed by atoms with Gasteiger partial charge in [0.1, 0.15) is 5.69 Å². The average Bonchev–Trinajstić information content (AvgIpc) is 3.36. The van der Waals surface area contributed by atoms with E-state index in [9.17, 15) is 9.59 Å². The topological polar surface area (TPSA) is 91.5 Å². The fraction of sp³-hybridized carbons (Fsp3) is 0.176. The lowest BCUT2D eigenvalue weighted by molar-refractivity contribution is 0.951. The largest absolute Gasteiger partial charge is 0.325 e. The lowest BCUT2D eigenvalue weighted by Crippen LogP contribution is -2.22. The fourth-order valence-corrected chi connectivity index (χ4v) is 2.95. The Morgan fingerprint density at radius 1 is 1.04 bits per heavy atom. The lowest BCUT2D eigenvalue weighted by atomic mass is 10.0. The van der Waals surface area contributed by atoms with Crippen molar-refractivity contribution in [1.29, 1.82) is 0 Å². The summed E-state index contributed by atoms with van der Waals surface area (Å²) in [6.07, 6.45) is 4.19. The van der Waals surface area contributed by atoms with Crippen molar-refractivity contribution >= 4 is 0 Å². The third kappa shape index (κ3) is 2.59. The van der Waals surface area contributed by atoms with Crippen LogP contribution >= 0.6 is 0 Å². The zero-order chi connectivity index (χ0) is 15.8. The molecule has 6 heteroatoms. The second-order valence-electron chi connectivity index (χ2n) is 5.72. The maximum atomic E-state index is 11.9. The molecule has 2 N–H and O–H groups in total. The van der Waals surface area contributed by atoms with Crippen LogP contribution in [0.5, 0.6) is 0 Å². The Kier molecular flexibility index (Phi) is 3.15. The molecule has 2 atom stereocenters. The van der Waals surface area contributed by atoms with E-state index in [-0.39, 0.29) is 0 Å². The monoisotopic (exact) mass is 306 g/mol. The summed E-state index contributed by atoms with van der Waals surface area (Å²) in [5, 5.41) is 8.04. The first-order chi connectivity index (χ1) is 11.2. The predicted molar refractivity (Wildman–Crippen MR) is 85.3 cm³/mol. The Bertz CT molecular complexity index is 962. The molecule has 1 fully saturated rings. The number of benzene rings is 1. The van der Waals surface area contributed by atoms with Crippen LogP contribution in [-0.4, -0.2) is 20.2 Å². The molecule has 0 radical (unpaired) electrons. The molecule has 0 saturated heterocycles. The first-order valence-electron chi connectivity index (χ1n) is 7.42. The van der Waals surface area contributed by atoms with Crippen molar-refractivity contribution in [3.05, 3.63) is 80.8 Å². The van der Waals surface area contributed by atoms with Gasteiger partial charge in [0.05, 0.1) is 11.8 Å². The van der Waals surface area contributed by atoms with Crippen LogP contribution in [0.25, 0.3) is 11.3 Å². The van der Waals surface area contributed by atoms with Crippen molar-refractivity contribution in [2.45, 2.75) is 18.3 Å². The Morgan fingerprint density at radius 2 is 1.83 bits per heavy atom. The minimum atomic E-state index is -0.533. The highest BCUT2D eigenvalue weighted by molar-refractivity contribution is 5.57. The molecule has 23 heavy (non-hydrogen) atoms. The van der Waals surface area contributed by atoms with E-state index in [4.69, 9.17) is 0 Å². The SMILES string of the molecule is O=c1[nH]cc(-c2cc([C@H]3C[C@@H]3c3ccccc3)cnn2)c(=O)[nH]1. The van der Waals surface area contributed by atoms with Gasteiger partial charge in [-0.2, -0.15) is 10.2 Å². The maximum absolute atomic E-state index is 11.9. The number of nitrogens with one attached hydrogen (secondary N) is 2. The molecule has 3 aromatic rings. The minimum Gasteiger partial charge on any atom is -0.313 e. The number of aromatic nitrogens is 4. The van der Waals surface area contributed by atoms with Crippen LogP contribution in [0.4, 0.5) is 0 Å². The summed E-state index contributed by atoms with van der Waals surface area (Å²) in [6.45, 7) is 0. The van der Waals surface area contributed by atoms with E-state index in [1.165, 1.54) is 11.8 Å². The molecule has 6 nitrogen and oxygen atoms in total. The van der Waals surface area contributed by atoms with E-state index < -0.39 is 11.2 Å². The van der Waals surface area contributed by atoms with E-state index in [1.807, 2.05) is 24.3 Å². The third-order valence-corrected chi connectivity index (χ3v) is 4.22. The molecule has 0 amide bonds. The van der Waals surface area contributed by atoms with Gasteiger partial charge in [-0.05, 0) is 35.4 Å². The van der Waals surface area contributed by atoms with Gasteiger partial charge in [-0.25, -0.2) is 4.79 Å². The van der Waals surface area contributed by atoms with Crippen LogP contribution < -0.4 is 11.2 Å². The van der Waals surface area contributed by atoms with Gasteiger partial charge in [0.25, 0.3) is 5.56 Å². The number of hydrogen-bond acceptors (Lipinski definition) is 4. The molecule has 2 aromatic heterocycles. The van der Waals surface area contributed by atoms with Crippen molar-refractivity contribution in [3.8, 4) is 11.3 Å². The maximum Gasteiger partial charge on any atom is 0.325 e. The molecule has 1 saturated carbocycles. The quantitative estimate of drug-likeness (QED) is 0.771. The Hall–Kier alpha value is -3.02. The van der Waals surface area contributed by atoms with Gasteiger partial charge in [0, 0.05) is 6.20 Å². The molecule has 1 aliphatic carbocycles. The van der Waals surface area contributed by atoms with Crippen molar-refractivity contribution < 1.29 is 0 Å². The van der Waals surface area contributed by atoms with Gasteiger partial charge in [-0.15, -0.1) is 0 Å². The van der Waals surface area contributed by atoms with Crippen molar-refractivity contribution in [2.24, 2.45) is 0 Å². The first-order valence-corrected chi connectivity index (χ1v) is 7.42. The number of rotatable bonds is 3. The second kappa shape index (κ2) is 5.31. The summed E-state index contributed by atoms with van der Waals surface area (Å²) in [6, 6.07) is 12.2. The van der Waals surface area contributed by atoms with Crippen LogP contribution in [0.1, 0.15) is 29.4 Å². The van der Waals surface area contributed by atoms with E-state index in [1.54, 1.807) is 6.20 Å². The number of H-pyrrole nitrogens is 2. The van der Waals surface area contributed by atoms with E-state index in [2.05, 4.69) is 32.3 Å². The van der Waals surface area contributed by atoms with E-state index in [0.717, 1.165) is 12.0 Å². The summed E-state index contributed by atoms with van der Waals surface area (Å²) in [5.41, 5.74) is 2.17. The van der Waals surface area contributed by atoms with Crippen LogP contribution in [-0.2, 0) is 0 Å². The van der Waals surface area contributed by atoms with Crippen molar-refractivity contribution in [3.63, 3.8) is 0 Å². The normalized spacial score (nSPS) is 19.5. The smallest absolute Gasteiger partial charge is 0.313 e. The van der Waals surface area contributed by atoms with Crippen molar-refractivity contribution in [2.75, 3.05) is 0 Å². The number of nitrogens with zero attached hydrogens (tertiary/aromatic N) is 2. The van der Waals surface area contributed by atoms with Crippen LogP contribution in [0.15, 0.2) is 58.4 Å². The number of hydrogen-bond donors (Lipinski definition) is 2.